The Morgan fingerprint density at radius 2 is 1.38 bits per heavy atom. The van der Waals surface area contributed by atoms with Crippen LogP contribution in [0.4, 0.5) is 5.69 Å². The molecular formula is C17H19N3O7S2. The van der Waals surface area contributed by atoms with Crippen molar-refractivity contribution in [1.82, 2.24) is 8.61 Å². The second kappa shape index (κ2) is 8.06. The Balaban J connectivity index is 1.78. The van der Waals surface area contributed by atoms with E-state index in [1.54, 1.807) is 0 Å². The van der Waals surface area contributed by atoms with Crippen LogP contribution in [0.1, 0.15) is 0 Å². The minimum absolute atomic E-state index is 0.0613. The van der Waals surface area contributed by atoms with E-state index in [2.05, 4.69) is 0 Å². The molecule has 0 spiro atoms. The molecule has 29 heavy (non-hydrogen) atoms. The molecule has 0 saturated carbocycles. The average Bonchev–Trinajstić information content (AvgIpc) is 2.73. The highest BCUT2D eigenvalue weighted by Gasteiger charge is 2.36. The molecule has 2 aromatic carbocycles. The summed E-state index contributed by atoms with van der Waals surface area (Å²) in [7, 11) is -6.45. The van der Waals surface area contributed by atoms with Gasteiger partial charge in [0.15, 0.2) is 4.90 Å². The zero-order valence-electron chi connectivity index (χ0n) is 15.5. The number of nitro groups is 1. The quantitative estimate of drug-likeness (QED) is 0.488. The first-order valence-corrected chi connectivity index (χ1v) is 11.4. The van der Waals surface area contributed by atoms with Crippen LogP contribution in [0, 0.1) is 10.1 Å². The van der Waals surface area contributed by atoms with E-state index < -0.39 is 35.6 Å². The summed E-state index contributed by atoms with van der Waals surface area (Å²) in [5, 5.41) is 11.2. The predicted octanol–water partition coefficient (Wildman–Crippen LogP) is 1.30. The lowest BCUT2D eigenvalue weighted by Crippen LogP contribution is -2.50. The normalized spacial score (nSPS) is 16.4. The molecule has 0 amide bonds. The topological polar surface area (TPSA) is 127 Å². The standard InChI is InChI=1S/C17H19N3O7S2/c1-27-14-6-8-15(9-7-14)28(23,24)18-10-12-19(13-11-18)29(25,26)17-5-3-2-4-16(17)20(21)22/h2-9H,10-13H2,1H3. The molecule has 0 bridgehead atoms. The van der Waals surface area contributed by atoms with Gasteiger partial charge in [-0.15, -0.1) is 0 Å². The molecule has 1 saturated heterocycles. The minimum atomic E-state index is -4.13. The second-order valence-electron chi connectivity index (χ2n) is 6.21. The van der Waals surface area contributed by atoms with Crippen LogP contribution in [0.5, 0.6) is 5.75 Å². The van der Waals surface area contributed by atoms with Crippen molar-refractivity contribution >= 4 is 25.7 Å². The molecule has 3 rings (SSSR count). The van der Waals surface area contributed by atoms with Crippen LogP contribution in [0.2, 0.25) is 0 Å². The minimum Gasteiger partial charge on any atom is -0.497 e. The Bertz CT molecular complexity index is 1110. The third-order valence-corrected chi connectivity index (χ3v) is 8.43. The number of sulfonamides is 2. The number of benzene rings is 2. The van der Waals surface area contributed by atoms with Crippen molar-refractivity contribution in [1.29, 1.82) is 0 Å². The number of hydrogen-bond acceptors (Lipinski definition) is 7. The summed E-state index contributed by atoms with van der Waals surface area (Å²) >= 11 is 0. The van der Waals surface area contributed by atoms with Crippen molar-refractivity contribution in [3.8, 4) is 5.75 Å². The molecular weight excluding hydrogens is 422 g/mol. The van der Waals surface area contributed by atoms with Crippen molar-refractivity contribution < 1.29 is 26.5 Å². The third kappa shape index (κ3) is 4.10. The average molecular weight is 441 g/mol. The molecule has 0 atom stereocenters. The van der Waals surface area contributed by atoms with E-state index in [0.717, 1.165) is 10.4 Å². The van der Waals surface area contributed by atoms with E-state index in [0.29, 0.717) is 5.75 Å². The fourth-order valence-electron chi connectivity index (χ4n) is 3.01. The van der Waals surface area contributed by atoms with E-state index in [4.69, 9.17) is 4.74 Å². The maximum atomic E-state index is 12.8. The van der Waals surface area contributed by atoms with Crippen LogP contribution >= 0.6 is 0 Å². The third-order valence-electron chi connectivity index (χ3n) is 4.57. The molecule has 1 aliphatic heterocycles. The van der Waals surface area contributed by atoms with Crippen LogP contribution in [-0.2, 0) is 20.0 Å². The van der Waals surface area contributed by atoms with Crippen LogP contribution in [0.3, 0.4) is 0 Å². The summed E-state index contributed by atoms with van der Waals surface area (Å²) in [6.45, 7) is -0.337. The number of rotatable bonds is 6. The summed E-state index contributed by atoms with van der Waals surface area (Å²) in [5.41, 5.74) is -0.513. The van der Waals surface area contributed by atoms with Crippen LogP contribution in [-0.4, -0.2) is 63.7 Å². The van der Waals surface area contributed by atoms with Gasteiger partial charge in [0.25, 0.3) is 5.69 Å². The largest absolute Gasteiger partial charge is 0.497 e. The lowest BCUT2D eigenvalue weighted by Gasteiger charge is -2.33. The molecule has 1 heterocycles. The lowest BCUT2D eigenvalue weighted by molar-refractivity contribution is -0.387. The predicted molar refractivity (Wildman–Crippen MR) is 104 cm³/mol. The number of piperazine rings is 1. The van der Waals surface area contributed by atoms with Gasteiger partial charge >= 0.3 is 0 Å². The summed E-state index contributed by atoms with van der Waals surface area (Å²) in [6, 6.07) is 11.0. The molecule has 0 radical (unpaired) electrons. The molecule has 0 N–H and O–H groups in total. The maximum Gasteiger partial charge on any atom is 0.289 e. The fraction of sp³-hybridized carbons (Fsp3) is 0.294. The monoisotopic (exact) mass is 441 g/mol. The van der Waals surface area contributed by atoms with Crippen molar-refractivity contribution in [3.05, 3.63) is 58.6 Å². The van der Waals surface area contributed by atoms with Gasteiger partial charge in [0.05, 0.1) is 16.9 Å². The van der Waals surface area contributed by atoms with Gasteiger partial charge in [-0.3, -0.25) is 10.1 Å². The van der Waals surface area contributed by atoms with E-state index >= 15 is 0 Å². The Morgan fingerprint density at radius 3 is 1.90 bits per heavy atom. The summed E-state index contributed by atoms with van der Waals surface area (Å²) in [6.07, 6.45) is 0. The Morgan fingerprint density at radius 1 is 0.862 bits per heavy atom. The van der Waals surface area contributed by atoms with Crippen LogP contribution < -0.4 is 4.74 Å². The molecule has 10 nitrogen and oxygen atoms in total. The molecule has 0 aliphatic carbocycles. The number of methoxy groups -OCH3 is 1. The van der Waals surface area contributed by atoms with E-state index in [1.165, 1.54) is 53.9 Å². The summed E-state index contributed by atoms with van der Waals surface area (Å²) in [4.78, 5) is 10.1. The Kier molecular flexibility index (Phi) is 5.89. The van der Waals surface area contributed by atoms with Gasteiger partial charge in [0.1, 0.15) is 5.75 Å². The molecule has 0 aromatic heterocycles. The molecule has 0 unspecified atom stereocenters. The highest BCUT2D eigenvalue weighted by Crippen LogP contribution is 2.28. The Labute approximate surface area is 168 Å². The number of hydrogen-bond donors (Lipinski definition) is 0. The second-order valence-corrected chi connectivity index (χ2v) is 10.1. The SMILES string of the molecule is COc1ccc(S(=O)(=O)N2CCN(S(=O)(=O)c3ccccc3[N+](=O)[O-])CC2)cc1. The number of ether oxygens (including phenoxy) is 1. The molecule has 12 heteroatoms. The van der Waals surface area contributed by atoms with Gasteiger partial charge in [-0.05, 0) is 30.3 Å². The zero-order chi connectivity index (χ0) is 21.2. The molecule has 2 aromatic rings. The van der Waals surface area contributed by atoms with Gasteiger partial charge < -0.3 is 4.74 Å². The van der Waals surface area contributed by atoms with E-state index in [9.17, 15) is 26.9 Å². The molecule has 1 aliphatic rings. The first-order valence-electron chi connectivity index (χ1n) is 8.55. The van der Waals surface area contributed by atoms with Crippen molar-refractivity contribution in [2.24, 2.45) is 0 Å². The van der Waals surface area contributed by atoms with Crippen molar-refractivity contribution in [2.75, 3.05) is 33.3 Å². The number of nitrogens with zero attached hydrogens (tertiary/aromatic N) is 3. The number of nitro benzene ring substituents is 1. The van der Waals surface area contributed by atoms with Gasteiger partial charge in [0.2, 0.25) is 20.0 Å². The lowest BCUT2D eigenvalue weighted by atomic mass is 10.3. The van der Waals surface area contributed by atoms with Crippen molar-refractivity contribution in [2.45, 2.75) is 9.79 Å². The first-order chi connectivity index (χ1) is 13.7. The summed E-state index contributed by atoms with van der Waals surface area (Å²) < 4.78 is 58.5. The van der Waals surface area contributed by atoms with E-state index in [-0.39, 0.29) is 31.1 Å². The molecule has 1 fully saturated rings. The van der Waals surface area contributed by atoms with Gasteiger partial charge in [-0.2, -0.15) is 8.61 Å². The van der Waals surface area contributed by atoms with Crippen LogP contribution in [0.15, 0.2) is 58.3 Å². The fourth-order valence-corrected chi connectivity index (χ4v) is 6.01. The Hall–Kier alpha value is -2.54. The van der Waals surface area contributed by atoms with Gasteiger partial charge in [-0.1, -0.05) is 12.1 Å². The van der Waals surface area contributed by atoms with Gasteiger partial charge in [-0.25, -0.2) is 16.8 Å². The highest BCUT2D eigenvalue weighted by atomic mass is 32.2. The maximum absolute atomic E-state index is 12.8. The summed E-state index contributed by atoms with van der Waals surface area (Å²) in [5.74, 6) is 0.518. The zero-order valence-corrected chi connectivity index (χ0v) is 17.1. The number of para-hydroxylation sites is 1. The van der Waals surface area contributed by atoms with Crippen molar-refractivity contribution in [3.63, 3.8) is 0 Å². The molecule has 156 valence electrons. The first kappa shape index (κ1) is 21.2. The van der Waals surface area contributed by atoms with Gasteiger partial charge in [0, 0.05) is 32.2 Å². The van der Waals surface area contributed by atoms with Crippen LogP contribution in [0.25, 0.3) is 0 Å². The van der Waals surface area contributed by atoms with E-state index in [1.807, 2.05) is 0 Å². The smallest absolute Gasteiger partial charge is 0.289 e. The highest BCUT2D eigenvalue weighted by molar-refractivity contribution is 7.89.